The molecule has 0 N–H and O–H groups in total. The van der Waals surface area contributed by atoms with E-state index in [-0.39, 0.29) is 5.75 Å². The second-order valence-electron chi connectivity index (χ2n) is 3.44. The molecule has 0 unspecified atom stereocenters. The molecule has 2 aromatic carbocycles. The minimum Gasteiger partial charge on any atom is -0.423 e. The van der Waals surface area contributed by atoms with Crippen LogP contribution in [0.2, 0.25) is 5.02 Å². The highest BCUT2D eigenvalue weighted by Crippen LogP contribution is 2.19. The Morgan fingerprint density at radius 2 is 1.56 bits per heavy atom. The molecule has 2 rings (SSSR count). The Hall–Kier alpha value is -1.94. The van der Waals surface area contributed by atoms with E-state index in [2.05, 4.69) is 0 Å². The van der Waals surface area contributed by atoms with Gasteiger partial charge in [-0.15, -0.1) is 0 Å². The molecule has 18 heavy (non-hydrogen) atoms. The van der Waals surface area contributed by atoms with E-state index < -0.39 is 23.2 Å². The first kappa shape index (κ1) is 12.5. The minimum atomic E-state index is -1.09. The molecule has 0 aliphatic heterocycles. The van der Waals surface area contributed by atoms with Crippen LogP contribution in [0.4, 0.5) is 8.78 Å². The fourth-order valence-electron chi connectivity index (χ4n) is 1.35. The Morgan fingerprint density at radius 3 is 2.11 bits per heavy atom. The first-order valence-corrected chi connectivity index (χ1v) is 5.37. The van der Waals surface area contributed by atoms with Crippen molar-refractivity contribution < 1.29 is 18.3 Å². The van der Waals surface area contributed by atoms with E-state index in [0.29, 0.717) is 5.02 Å². The van der Waals surface area contributed by atoms with Gasteiger partial charge in [-0.25, -0.2) is 13.6 Å². The van der Waals surface area contributed by atoms with Crippen LogP contribution < -0.4 is 4.74 Å². The van der Waals surface area contributed by atoms with Crippen molar-refractivity contribution in [1.29, 1.82) is 0 Å². The molecule has 0 aromatic heterocycles. The van der Waals surface area contributed by atoms with Crippen LogP contribution in [0, 0.1) is 11.6 Å². The summed E-state index contributed by atoms with van der Waals surface area (Å²) in [5.74, 6) is -2.86. The van der Waals surface area contributed by atoms with Gasteiger partial charge in [0.1, 0.15) is 22.9 Å². The lowest BCUT2D eigenvalue weighted by atomic mass is 10.2. The van der Waals surface area contributed by atoms with Crippen molar-refractivity contribution in [2.24, 2.45) is 0 Å². The SMILES string of the molecule is O=C(Oc1ccc(Cl)cc1)c1c(F)cccc1F. The van der Waals surface area contributed by atoms with Gasteiger partial charge in [0.2, 0.25) is 0 Å². The number of esters is 1. The molecule has 2 nitrogen and oxygen atoms in total. The Labute approximate surface area is 107 Å². The lowest BCUT2D eigenvalue weighted by molar-refractivity contribution is 0.0724. The summed E-state index contributed by atoms with van der Waals surface area (Å²) in [6, 6.07) is 9.01. The molecular formula is C13H7ClF2O2. The smallest absolute Gasteiger partial charge is 0.349 e. The summed E-state index contributed by atoms with van der Waals surface area (Å²) in [7, 11) is 0. The third-order valence-electron chi connectivity index (χ3n) is 2.19. The third-order valence-corrected chi connectivity index (χ3v) is 2.44. The van der Waals surface area contributed by atoms with Crippen molar-refractivity contribution in [3.05, 3.63) is 64.7 Å². The molecule has 0 fully saturated rings. The molecule has 2 aromatic rings. The predicted molar refractivity (Wildman–Crippen MR) is 62.8 cm³/mol. The first-order valence-electron chi connectivity index (χ1n) is 4.99. The Kier molecular flexibility index (Phi) is 3.58. The Morgan fingerprint density at radius 1 is 1.00 bits per heavy atom. The molecule has 0 radical (unpaired) electrons. The zero-order chi connectivity index (χ0) is 13.1. The molecule has 92 valence electrons. The van der Waals surface area contributed by atoms with E-state index in [1.807, 2.05) is 0 Å². The van der Waals surface area contributed by atoms with Crippen LogP contribution in [-0.2, 0) is 0 Å². The van der Waals surface area contributed by atoms with Crippen LogP contribution in [0.1, 0.15) is 10.4 Å². The van der Waals surface area contributed by atoms with Crippen molar-refractivity contribution in [1.82, 2.24) is 0 Å². The summed E-state index contributed by atoms with van der Waals surface area (Å²) in [6.07, 6.45) is 0. The highest BCUT2D eigenvalue weighted by molar-refractivity contribution is 6.30. The van der Waals surface area contributed by atoms with Crippen LogP contribution in [0.25, 0.3) is 0 Å². The fourth-order valence-corrected chi connectivity index (χ4v) is 1.48. The first-order chi connectivity index (χ1) is 8.58. The van der Waals surface area contributed by atoms with Crippen LogP contribution in [0.3, 0.4) is 0 Å². The lowest BCUT2D eigenvalue weighted by Crippen LogP contribution is -2.12. The fraction of sp³-hybridized carbons (Fsp3) is 0. The number of rotatable bonds is 2. The average molecular weight is 269 g/mol. The van der Waals surface area contributed by atoms with Gasteiger partial charge in [0, 0.05) is 5.02 Å². The monoisotopic (exact) mass is 268 g/mol. The van der Waals surface area contributed by atoms with Gasteiger partial charge in [-0.1, -0.05) is 17.7 Å². The van der Waals surface area contributed by atoms with Gasteiger partial charge in [-0.3, -0.25) is 0 Å². The molecule has 0 spiro atoms. The van der Waals surface area contributed by atoms with Gasteiger partial charge in [-0.2, -0.15) is 0 Å². The zero-order valence-electron chi connectivity index (χ0n) is 8.99. The topological polar surface area (TPSA) is 26.3 Å². The van der Waals surface area contributed by atoms with Crippen molar-refractivity contribution in [3.8, 4) is 5.75 Å². The van der Waals surface area contributed by atoms with E-state index in [1.165, 1.54) is 30.3 Å². The average Bonchev–Trinajstić information content (AvgIpc) is 2.32. The number of ether oxygens (including phenoxy) is 1. The molecule has 0 bridgehead atoms. The second kappa shape index (κ2) is 5.14. The van der Waals surface area contributed by atoms with Gasteiger partial charge < -0.3 is 4.74 Å². The van der Waals surface area contributed by atoms with Gasteiger partial charge in [-0.05, 0) is 36.4 Å². The maximum atomic E-state index is 13.3. The molecule has 0 aliphatic rings. The number of carbonyl (C=O) groups excluding carboxylic acids is 1. The number of benzene rings is 2. The maximum Gasteiger partial charge on any atom is 0.349 e. The molecule has 0 saturated heterocycles. The lowest BCUT2D eigenvalue weighted by Gasteiger charge is -2.05. The quantitative estimate of drug-likeness (QED) is 0.611. The van der Waals surface area contributed by atoms with E-state index >= 15 is 0 Å². The summed E-state index contributed by atoms with van der Waals surface area (Å²) < 4.78 is 31.5. The number of halogens is 3. The third kappa shape index (κ3) is 2.65. The number of carbonyl (C=O) groups is 1. The number of hydrogen-bond acceptors (Lipinski definition) is 2. The summed E-state index contributed by atoms with van der Waals surface area (Å²) >= 11 is 5.66. The summed E-state index contributed by atoms with van der Waals surface area (Å²) in [5, 5.41) is 0.465. The minimum absolute atomic E-state index is 0.159. The summed E-state index contributed by atoms with van der Waals surface area (Å²) in [4.78, 5) is 11.6. The Bertz CT molecular complexity index is 562. The maximum absolute atomic E-state index is 13.3. The highest BCUT2D eigenvalue weighted by Gasteiger charge is 2.19. The van der Waals surface area contributed by atoms with Gasteiger partial charge in [0.25, 0.3) is 0 Å². The van der Waals surface area contributed by atoms with Crippen LogP contribution in [-0.4, -0.2) is 5.97 Å². The largest absolute Gasteiger partial charge is 0.423 e. The van der Waals surface area contributed by atoms with Crippen LogP contribution >= 0.6 is 11.6 Å². The molecule has 0 atom stereocenters. The molecule has 0 amide bonds. The van der Waals surface area contributed by atoms with Gasteiger partial charge in [0.15, 0.2) is 0 Å². The Balaban J connectivity index is 2.25. The standard InChI is InChI=1S/C13H7ClF2O2/c14-8-4-6-9(7-5-8)18-13(17)12-10(15)2-1-3-11(12)16/h1-7H. The zero-order valence-corrected chi connectivity index (χ0v) is 9.75. The van der Waals surface area contributed by atoms with Crippen molar-refractivity contribution >= 4 is 17.6 Å². The molecule has 5 heteroatoms. The van der Waals surface area contributed by atoms with E-state index in [0.717, 1.165) is 12.1 Å². The second-order valence-corrected chi connectivity index (χ2v) is 3.88. The van der Waals surface area contributed by atoms with E-state index in [9.17, 15) is 13.6 Å². The molecule has 0 saturated carbocycles. The summed E-state index contributed by atoms with van der Waals surface area (Å²) in [6.45, 7) is 0. The van der Waals surface area contributed by atoms with E-state index in [4.69, 9.17) is 16.3 Å². The number of hydrogen-bond donors (Lipinski definition) is 0. The van der Waals surface area contributed by atoms with Crippen LogP contribution in [0.5, 0.6) is 5.75 Å². The predicted octanol–water partition coefficient (Wildman–Crippen LogP) is 3.84. The normalized spacial score (nSPS) is 10.2. The van der Waals surface area contributed by atoms with Crippen molar-refractivity contribution in [2.75, 3.05) is 0 Å². The van der Waals surface area contributed by atoms with Crippen molar-refractivity contribution in [2.45, 2.75) is 0 Å². The molecular weight excluding hydrogens is 262 g/mol. The van der Waals surface area contributed by atoms with Crippen LogP contribution in [0.15, 0.2) is 42.5 Å². The van der Waals surface area contributed by atoms with Crippen molar-refractivity contribution in [3.63, 3.8) is 0 Å². The van der Waals surface area contributed by atoms with Gasteiger partial charge in [0.05, 0.1) is 0 Å². The molecule has 0 heterocycles. The molecule has 0 aliphatic carbocycles. The van der Waals surface area contributed by atoms with Gasteiger partial charge >= 0.3 is 5.97 Å². The van der Waals surface area contributed by atoms with E-state index in [1.54, 1.807) is 0 Å². The summed E-state index contributed by atoms with van der Waals surface area (Å²) in [5.41, 5.74) is -0.715. The highest BCUT2D eigenvalue weighted by atomic mass is 35.5.